The van der Waals surface area contributed by atoms with E-state index in [0.29, 0.717) is 24.3 Å². The number of nitrogens with zero attached hydrogens (tertiary/aromatic N) is 1. The molecule has 1 heterocycles. The summed E-state index contributed by atoms with van der Waals surface area (Å²) in [6.45, 7) is 4.24. The first-order valence-electron chi connectivity index (χ1n) is 8.40. The fourth-order valence-corrected chi connectivity index (χ4v) is 5.65. The summed E-state index contributed by atoms with van der Waals surface area (Å²) in [6.07, 6.45) is 1.49. The summed E-state index contributed by atoms with van der Waals surface area (Å²) >= 11 is 0. The molecule has 0 spiro atoms. The van der Waals surface area contributed by atoms with E-state index in [1.54, 1.807) is 42.5 Å². The van der Waals surface area contributed by atoms with Crippen LogP contribution in [-0.2, 0) is 20.0 Å². The van der Waals surface area contributed by atoms with Gasteiger partial charge in [0.1, 0.15) is 0 Å². The number of sulfonamides is 2. The zero-order valence-corrected chi connectivity index (χ0v) is 16.4. The Morgan fingerprint density at radius 3 is 2.27 bits per heavy atom. The highest BCUT2D eigenvalue weighted by molar-refractivity contribution is 7.93. The maximum atomic E-state index is 12.5. The standard InChI is InChI=1S/C18H22N2O4S2/c1-14-5-10-18(13-15(14)2)26(23,24)19-16-6-8-17(9-7-16)20-11-3-4-12-25(20,21)22/h5-10,13,19H,3-4,11-12H2,1-2H3. The number of rotatable bonds is 4. The number of benzene rings is 2. The minimum Gasteiger partial charge on any atom is -0.280 e. The summed E-state index contributed by atoms with van der Waals surface area (Å²) in [6, 6.07) is 11.4. The Morgan fingerprint density at radius 1 is 0.962 bits per heavy atom. The average molecular weight is 395 g/mol. The first-order chi connectivity index (χ1) is 12.2. The third-order valence-corrected chi connectivity index (χ3v) is 7.79. The quantitative estimate of drug-likeness (QED) is 0.864. The monoisotopic (exact) mass is 394 g/mol. The third-order valence-electron chi connectivity index (χ3n) is 4.55. The van der Waals surface area contributed by atoms with Crippen molar-refractivity contribution in [3.63, 3.8) is 0 Å². The van der Waals surface area contributed by atoms with Gasteiger partial charge >= 0.3 is 0 Å². The predicted octanol–water partition coefficient (Wildman–Crippen LogP) is 3.03. The van der Waals surface area contributed by atoms with E-state index in [-0.39, 0.29) is 10.6 Å². The number of aryl methyl sites for hydroxylation is 2. The molecule has 2 aromatic carbocycles. The van der Waals surface area contributed by atoms with Crippen LogP contribution in [0.1, 0.15) is 24.0 Å². The van der Waals surface area contributed by atoms with Crippen LogP contribution in [0.5, 0.6) is 0 Å². The Balaban J connectivity index is 1.81. The van der Waals surface area contributed by atoms with E-state index < -0.39 is 20.0 Å². The van der Waals surface area contributed by atoms with E-state index in [0.717, 1.165) is 17.5 Å². The van der Waals surface area contributed by atoms with Crippen LogP contribution in [-0.4, -0.2) is 29.1 Å². The van der Waals surface area contributed by atoms with E-state index in [4.69, 9.17) is 0 Å². The molecule has 1 N–H and O–H groups in total. The lowest BCUT2D eigenvalue weighted by Crippen LogP contribution is -2.37. The number of anilines is 2. The Bertz CT molecular complexity index is 1010. The SMILES string of the molecule is Cc1ccc(S(=O)(=O)Nc2ccc(N3CCCCS3(=O)=O)cc2)cc1C. The fraction of sp³-hybridized carbons (Fsp3) is 0.333. The molecule has 8 heteroatoms. The molecule has 0 amide bonds. The number of nitrogens with one attached hydrogen (secondary N) is 1. The molecule has 1 saturated heterocycles. The van der Waals surface area contributed by atoms with Gasteiger partial charge in [0.15, 0.2) is 0 Å². The summed E-state index contributed by atoms with van der Waals surface area (Å²) in [7, 11) is -6.98. The lowest BCUT2D eigenvalue weighted by Gasteiger charge is -2.28. The van der Waals surface area contributed by atoms with Crippen LogP contribution in [0.4, 0.5) is 11.4 Å². The molecule has 0 aliphatic carbocycles. The summed E-state index contributed by atoms with van der Waals surface area (Å²) in [5.41, 5.74) is 2.87. The molecule has 2 aromatic rings. The van der Waals surface area contributed by atoms with Crippen molar-refractivity contribution in [1.29, 1.82) is 0 Å². The lowest BCUT2D eigenvalue weighted by atomic mass is 10.1. The Morgan fingerprint density at radius 2 is 1.65 bits per heavy atom. The van der Waals surface area contributed by atoms with Gasteiger partial charge in [-0.3, -0.25) is 9.03 Å². The van der Waals surface area contributed by atoms with Crippen molar-refractivity contribution in [3.8, 4) is 0 Å². The molecular formula is C18H22N2O4S2. The Labute approximate surface area is 155 Å². The van der Waals surface area contributed by atoms with Crippen molar-refractivity contribution >= 4 is 31.4 Å². The summed E-state index contributed by atoms with van der Waals surface area (Å²) in [5, 5.41) is 0. The van der Waals surface area contributed by atoms with Crippen LogP contribution in [0.25, 0.3) is 0 Å². The third kappa shape index (κ3) is 3.86. The second-order valence-corrected chi connectivity index (χ2v) is 10.2. The van der Waals surface area contributed by atoms with Crippen LogP contribution < -0.4 is 9.03 Å². The lowest BCUT2D eigenvalue weighted by molar-refractivity contribution is 0.574. The van der Waals surface area contributed by atoms with Crippen LogP contribution in [0.15, 0.2) is 47.4 Å². The zero-order valence-electron chi connectivity index (χ0n) is 14.8. The van der Waals surface area contributed by atoms with Crippen LogP contribution in [0, 0.1) is 13.8 Å². The first kappa shape index (κ1) is 18.7. The van der Waals surface area contributed by atoms with Gasteiger partial charge in [0.25, 0.3) is 10.0 Å². The van der Waals surface area contributed by atoms with Gasteiger partial charge in [-0.15, -0.1) is 0 Å². The molecule has 0 saturated carbocycles. The van der Waals surface area contributed by atoms with Crippen molar-refractivity contribution in [2.45, 2.75) is 31.6 Å². The highest BCUT2D eigenvalue weighted by Crippen LogP contribution is 2.26. The molecule has 0 radical (unpaired) electrons. The molecule has 140 valence electrons. The molecule has 1 fully saturated rings. The van der Waals surface area contributed by atoms with Gasteiger partial charge in [0.2, 0.25) is 10.0 Å². The maximum Gasteiger partial charge on any atom is 0.261 e. The normalized spacial score (nSPS) is 17.1. The van der Waals surface area contributed by atoms with E-state index in [9.17, 15) is 16.8 Å². The second-order valence-electron chi connectivity index (χ2n) is 6.49. The van der Waals surface area contributed by atoms with Crippen LogP contribution >= 0.6 is 0 Å². The van der Waals surface area contributed by atoms with Gasteiger partial charge in [0.05, 0.1) is 16.3 Å². The van der Waals surface area contributed by atoms with Gasteiger partial charge in [-0.1, -0.05) is 6.07 Å². The second kappa shape index (κ2) is 6.92. The molecule has 0 bridgehead atoms. The summed E-state index contributed by atoms with van der Waals surface area (Å²) < 4.78 is 53.3. The Hall–Kier alpha value is -2.06. The zero-order chi connectivity index (χ0) is 18.9. The van der Waals surface area contributed by atoms with Crippen LogP contribution in [0.2, 0.25) is 0 Å². The van der Waals surface area contributed by atoms with E-state index >= 15 is 0 Å². The van der Waals surface area contributed by atoms with E-state index in [1.807, 2.05) is 13.8 Å². The molecule has 26 heavy (non-hydrogen) atoms. The fourth-order valence-electron chi connectivity index (χ4n) is 2.87. The van der Waals surface area contributed by atoms with Crippen LogP contribution in [0.3, 0.4) is 0 Å². The molecule has 0 atom stereocenters. The van der Waals surface area contributed by atoms with Crippen molar-refractivity contribution in [3.05, 3.63) is 53.6 Å². The number of hydrogen-bond acceptors (Lipinski definition) is 4. The van der Waals surface area contributed by atoms with Gasteiger partial charge < -0.3 is 0 Å². The van der Waals surface area contributed by atoms with E-state index in [2.05, 4.69) is 4.72 Å². The molecule has 1 aliphatic rings. The minimum absolute atomic E-state index is 0.147. The smallest absolute Gasteiger partial charge is 0.261 e. The highest BCUT2D eigenvalue weighted by atomic mass is 32.2. The number of hydrogen-bond donors (Lipinski definition) is 1. The molecule has 3 rings (SSSR count). The molecule has 0 aromatic heterocycles. The van der Waals surface area contributed by atoms with Gasteiger partial charge in [-0.05, 0) is 74.2 Å². The van der Waals surface area contributed by atoms with Crippen molar-refractivity contribution < 1.29 is 16.8 Å². The minimum atomic E-state index is -3.69. The summed E-state index contributed by atoms with van der Waals surface area (Å²) in [4.78, 5) is 0.197. The maximum absolute atomic E-state index is 12.5. The van der Waals surface area contributed by atoms with Gasteiger partial charge in [-0.2, -0.15) is 0 Å². The molecular weight excluding hydrogens is 372 g/mol. The first-order valence-corrected chi connectivity index (χ1v) is 11.5. The topological polar surface area (TPSA) is 83.6 Å². The van der Waals surface area contributed by atoms with Gasteiger partial charge in [-0.25, -0.2) is 16.8 Å². The van der Waals surface area contributed by atoms with Crippen molar-refractivity contribution in [2.75, 3.05) is 21.3 Å². The van der Waals surface area contributed by atoms with Crippen molar-refractivity contribution in [1.82, 2.24) is 0 Å². The summed E-state index contributed by atoms with van der Waals surface area (Å²) in [5.74, 6) is 0.147. The molecule has 6 nitrogen and oxygen atoms in total. The average Bonchev–Trinajstić information content (AvgIpc) is 2.57. The predicted molar refractivity (Wildman–Crippen MR) is 104 cm³/mol. The highest BCUT2D eigenvalue weighted by Gasteiger charge is 2.26. The van der Waals surface area contributed by atoms with Gasteiger partial charge in [0, 0.05) is 12.2 Å². The van der Waals surface area contributed by atoms with Crippen molar-refractivity contribution in [2.24, 2.45) is 0 Å². The molecule has 0 unspecified atom stereocenters. The Kier molecular flexibility index (Phi) is 4.98. The molecule has 1 aliphatic heterocycles. The largest absolute Gasteiger partial charge is 0.280 e. The van der Waals surface area contributed by atoms with E-state index in [1.165, 1.54) is 4.31 Å².